The maximum atomic E-state index is 11.7. The summed E-state index contributed by atoms with van der Waals surface area (Å²) >= 11 is 5.79. The molecule has 26 heavy (non-hydrogen) atoms. The van der Waals surface area contributed by atoms with Crippen LogP contribution >= 0.6 is 11.6 Å². The summed E-state index contributed by atoms with van der Waals surface area (Å²) in [6, 6.07) is 14.4. The quantitative estimate of drug-likeness (QED) is 0.595. The molecule has 0 saturated heterocycles. The standard InChI is InChI=1S/C18H18ClN5O2/c19-14-3-5-15(6-4-14)26-13-18(25)21-10-9-20-16-7-8-17(23-22-16)24-11-1-2-12-24/h1-8,11-12H,9-10,13H2,(H,20,22)(H,21,25). The largest absolute Gasteiger partial charge is 0.484 e. The molecule has 0 radical (unpaired) electrons. The minimum atomic E-state index is -0.198. The predicted octanol–water partition coefficient (Wildman–Crippen LogP) is 2.53. The van der Waals surface area contributed by atoms with Gasteiger partial charge in [0, 0.05) is 30.5 Å². The van der Waals surface area contributed by atoms with Crippen molar-refractivity contribution >= 4 is 23.3 Å². The molecule has 2 heterocycles. The number of nitrogens with one attached hydrogen (secondary N) is 2. The minimum absolute atomic E-state index is 0.0486. The van der Waals surface area contributed by atoms with Crippen LogP contribution in [0, 0.1) is 0 Å². The second kappa shape index (κ2) is 8.87. The lowest BCUT2D eigenvalue weighted by atomic mass is 10.3. The zero-order valence-electron chi connectivity index (χ0n) is 13.9. The number of ether oxygens (including phenoxy) is 1. The van der Waals surface area contributed by atoms with Crippen molar-refractivity contribution in [3.63, 3.8) is 0 Å². The van der Waals surface area contributed by atoms with E-state index in [0.29, 0.717) is 29.7 Å². The lowest BCUT2D eigenvalue weighted by Crippen LogP contribution is -2.32. The summed E-state index contributed by atoms with van der Waals surface area (Å²) in [7, 11) is 0. The molecular formula is C18H18ClN5O2. The van der Waals surface area contributed by atoms with Gasteiger partial charge in [-0.2, -0.15) is 0 Å². The van der Waals surface area contributed by atoms with Gasteiger partial charge in [-0.05, 0) is 48.5 Å². The maximum Gasteiger partial charge on any atom is 0.258 e. The van der Waals surface area contributed by atoms with Crippen LogP contribution in [-0.2, 0) is 4.79 Å². The maximum absolute atomic E-state index is 11.7. The van der Waals surface area contributed by atoms with Gasteiger partial charge in [0.2, 0.25) is 0 Å². The first-order chi connectivity index (χ1) is 12.7. The van der Waals surface area contributed by atoms with Crippen molar-refractivity contribution in [1.82, 2.24) is 20.1 Å². The van der Waals surface area contributed by atoms with Crippen molar-refractivity contribution in [3.8, 4) is 11.6 Å². The number of carbonyl (C=O) groups excluding carboxylic acids is 1. The summed E-state index contributed by atoms with van der Waals surface area (Å²) in [6.07, 6.45) is 3.80. The first-order valence-corrected chi connectivity index (χ1v) is 8.44. The lowest BCUT2D eigenvalue weighted by molar-refractivity contribution is -0.123. The van der Waals surface area contributed by atoms with Crippen molar-refractivity contribution in [2.45, 2.75) is 0 Å². The molecule has 1 amide bonds. The third-order valence-corrected chi connectivity index (χ3v) is 3.71. The van der Waals surface area contributed by atoms with Gasteiger partial charge >= 0.3 is 0 Å². The fourth-order valence-electron chi connectivity index (χ4n) is 2.17. The SMILES string of the molecule is O=C(COc1ccc(Cl)cc1)NCCNc1ccc(-n2cccc2)nn1. The topological polar surface area (TPSA) is 81.1 Å². The summed E-state index contributed by atoms with van der Waals surface area (Å²) in [5.41, 5.74) is 0. The van der Waals surface area contributed by atoms with E-state index in [1.165, 1.54) is 0 Å². The Kier molecular flexibility index (Phi) is 6.05. The number of amides is 1. The number of rotatable bonds is 8. The molecule has 3 rings (SSSR count). The lowest BCUT2D eigenvalue weighted by Gasteiger charge is -2.09. The number of halogens is 1. The Morgan fingerprint density at radius 3 is 2.50 bits per heavy atom. The van der Waals surface area contributed by atoms with E-state index in [1.807, 2.05) is 41.2 Å². The Morgan fingerprint density at radius 1 is 1.04 bits per heavy atom. The zero-order chi connectivity index (χ0) is 18.2. The third kappa shape index (κ3) is 5.22. The summed E-state index contributed by atoms with van der Waals surface area (Å²) in [6.45, 7) is 0.932. The Hall–Kier alpha value is -3.06. The monoisotopic (exact) mass is 371 g/mol. The van der Waals surface area contributed by atoms with E-state index in [9.17, 15) is 4.79 Å². The highest BCUT2D eigenvalue weighted by Gasteiger charge is 2.03. The second-order valence-corrected chi connectivity index (χ2v) is 5.82. The van der Waals surface area contributed by atoms with E-state index >= 15 is 0 Å². The molecule has 0 fully saturated rings. The second-order valence-electron chi connectivity index (χ2n) is 5.39. The van der Waals surface area contributed by atoms with Gasteiger partial charge < -0.3 is 19.9 Å². The molecule has 0 spiro atoms. The Labute approximate surface area is 156 Å². The highest BCUT2D eigenvalue weighted by Crippen LogP contribution is 2.15. The molecule has 0 bridgehead atoms. The molecule has 0 aliphatic heterocycles. The summed E-state index contributed by atoms with van der Waals surface area (Å²) < 4.78 is 7.24. The van der Waals surface area contributed by atoms with Gasteiger partial charge in [0.25, 0.3) is 5.91 Å². The van der Waals surface area contributed by atoms with E-state index in [2.05, 4.69) is 20.8 Å². The number of nitrogens with zero attached hydrogens (tertiary/aromatic N) is 3. The van der Waals surface area contributed by atoms with Crippen LogP contribution in [0.4, 0.5) is 5.82 Å². The fraction of sp³-hybridized carbons (Fsp3) is 0.167. The van der Waals surface area contributed by atoms with Gasteiger partial charge in [-0.1, -0.05) is 11.6 Å². The van der Waals surface area contributed by atoms with Gasteiger partial charge in [-0.25, -0.2) is 0 Å². The highest BCUT2D eigenvalue weighted by molar-refractivity contribution is 6.30. The number of carbonyl (C=O) groups is 1. The van der Waals surface area contributed by atoms with Crippen LogP contribution < -0.4 is 15.4 Å². The van der Waals surface area contributed by atoms with Crippen LogP contribution in [-0.4, -0.2) is 40.4 Å². The van der Waals surface area contributed by atoms with Crippen molar-refractivity contribution in [2.75, 3.05) is 25.0 Å². The van der Waals surface area contributed by atoms with Crippen molar-refractivity contribution in [1.29, 1.82) is 0 Å². The van der Waals surface area contributed by atoms with Crippen LogP contribution in [0.1, 0.15) is 0 Å². The highest BCUT2D eigenvalue weighted by atomic mass is 35.5. The van der Waals surface area contributed by atoms with Gasteiger partial charge in [0.15, 0.2) is 12.4 Å². The smallest absolute Gasteiger partial charge is 0.258 e. The van der Waals surface area contributed by atoms with Crippen LogP contribution in [0.25, 0.3) is 5.82 Å². The molecule has 7 nitrogen and oxygen atoms in total. The first kappa shape index (κ1) is 17.8. The Bertz CT molecular complexity index is 820. The van der Waals surface area contributed by atoms with Crippen LogP contribution in [0.5, 0.6) is 5.75 Å². The molecule has 0 unspecified atom stereocenters. The van der Waals surface area contributed by atoms with Gasteiger partial charge in [0.05, 0.1) is 0 Å². The zero-order valence-corrected chi connectivity index (χ0v) is 14.7. The van der Waals surface area contributed by atoms with E-state index in [0.717, 1.165) is 5.82 Å². The molecule has 0 saturated carbocycles. The number of hydrogen-bond donors (Lipinski definition) is 2. The van der Waals surface area contributed by atoms with E-state index in [4.69, 9.17) is 16.3 Å². The average molecular weight is 372 g/mol. The summed E-state index contributed by atoms with van der Waals surface area (Å²) in [5, 5.41) is 14.7. The van der Waals surface area contributed by atoms with E-state index < -0.39 is 0 Å². The van der Waals surface area contributed by atoms with Crippen LogP contribution in [0.2, 0.25) is 5.02 Å². The number of aromatic nitrogens is 3. The molecule has 1 aromatic carbocycles. The Morgan fingerprint density at radius 2 is 1.81 bits per heavy atom. The van der Waals surface area contributed by atoms with Crippen molar-refractivity contribution in [2.24, 2.45) is 0 Å². The molecule has 0 aliphatic carbocycles. The number of anilines is 1. The van der Waals surface area contributed by atoms with Gasteiger partial charge in [0.1, 0.15) is 11.6 Å². The molecule has 2 N–H and O–H groups in total. The number of hydrogen-bond acceptors (Lipinski definition) is 5. The van der Waals surface area contributed by atoms with Crippen molar-refractivity contribution < 1.29 is 9.53 Å². The molecule has 0 aliphatic rings. The fourth-order valence-corrected chi connectivity index (χ4v) is 2.29. The summed E-state index contributed by atoms with van der Waals surface area (Å²) in [4.78, 5) is 11.7. The molecule has 2 aromatic heterocycles. The Balaban J connectivity index is 1.34. The molecule has 0 atom stereocenters. The minimum Gasteiger partial charge on any atom is -0.484 e. The third-order valence-electron chi connectivity index (χ3n) is 3.46. The van der Waals surface area contributed by atoms with Gasteiger partial charge in [-0.15, -0.1) is 10.2 Å². The van der Waals surface area contributed by atoms with Crippen molar-refractivity contribution in [3.05, 3.63) is 65.9 Å². The molecule has 3 aromatic rings. The van der Waals surface area contributed by atoms with E-state index in [-0.39, 0.29) is 12.5 Å². The van der Waals surface area contributed by atoms with Gasteiger partial charge in [-0.3, -0.25) is 4.79 Å². The number of benzene rings is 1. The summed E-state index contributed by atoms with van der Waals surface area (Å²) in [5.74, 6) is 1.79. The van der Waals surface area contributed by atoms with E-state index in [1.54, 1.807) is 24.3 Å². The molecule has 134 valence electrons. The average Bonchev–Trinajstić information content (AvgIpc) is 3.20. The molecular weight excluding hydrogens is 354 g/mol. The van der Waals surface area contributed by atoms with Crippen LogP contribution in [0.15, 0.2) is 60.9 Å². The van der Waals surface area contributed by atoms with Crippen LogP contribution in [0.3, 0.4) is 0 Å². The first-order valence-electron chi connectivity index (χ1n) is 8.07. The normalized spacial score (nSPS) is 10.3. The molecule has 8 heteroatoms. The predicted molar refractivity (Wildman–Crippen MR) is 99.8 cm³/mol.